The van der Waals surface area contributed by atoms with Crippen LogP contribution in [0.5, 0.6) is 0 Å². The zero-order valence-electron chi connectivity index (χ0n) is 17.9. The molecule has 0 atom stereocenters. The van der Waals surface area contributed by atoms with Gasteiger partial charge in [0, 0.05) is 45.8 Å². The van der Waals surface area contributed by atoms with Crippen molar-refractivity contribution in [3.8, 4) is 0 Å². The third-order valence-corrected chi connectivity index (χ3v) is 4.68. The van der Waals surface area contributed by atoms with Gasteiger partial charge in [0.1, 0.15) is 0 Å². The minimum atomic E-state index is 0. The summed E-state index contributed by atoms with van der Waals surface area (Å²) in [6.07, 6.45) is 6.61. The molecule has 28 heavy (non-hydrogen) atoms. The van der Waals surface area contributed by atoms with E-state index in [1.807, 2.05) is 56.1 Å². The van der Waals surface area contributed by atoms with E-state index in [-0.39, 0.29) is 29.9 Å². The molecular weight excluding hydrogens is 463 g/mol. The second-order valence-corrected chi connectivity index (χ2v) is 6.63. The highest BCUT2D eigenvalue weighted by Crippen LogP contribution is 2.08. The highest BCUT2D eigenvalue weighted by molar-refractivity contribution is 14.0. The fraction of sp³-hybridized carbons (Fsp3) is 0.545. The Kier molecular flexibility index (Phi) is 14.5. The summed E-state index contributed by atoms with van der Waals surface area (Å²) in [5.41, 5.74) is 1.87. The Hall–Kier alpha value is -1.57. The van der Waals surface area contributed by atoms with Crippen LogP contribution >= 0.6 is 24.0 Å². The van der Waals surface area contributed by atoms with Gasteiger partial charge in [0.15, 0.2) is 5.96 Å². The smallest absolute Gasteiger partial charge is 0.253 e. The van der Waals surface area contributed by atoms with E-state index in [0.29, 0.717) is 6.54 Å². The van der Waals surface area contributed by atoms with E-state index in [9.17, 15) is 4.79 Å². The zero-order valence-corrected chi connectivity index (χ0v) is 20.2. The van der Waals surface area contributed by atoms with Gasteiger partial charge in [0.2, 0.25) is 0 Å². The first-order valence-corrected chi connectivity index (χ1v) is 9.98. The van der Waals surface area contributed by atoms with E-state index in [0.717, 1.165) is 49.6 Å². The van der Waals surface area contributed by atoms with Gasteiger partial charge in [0.05, 0.1) is 0 Å². The highest BCUT2D eigenvalue weighted by atomic mass is 127. The maximum atomic E-state index is 12.4. The summed E-state index contributed by atoms with van der Waals surface area (Å²) in [5, 5.41) is 3.40. The average Bonchev–Trinajstić information content (AvgIpc) is 2.69. The topological polar surface area (TPSA) is 47.9 Å². The predicted molar refractivity (Wildman–Crippen MR) is 131 cm³/mol. The average molecular weight is 500 g/mol. The van der Waals surface area contributed by atoms with Crippen LogP contribution in [0.1, 0.15) is 55.5 Å². The fourth-order valence-electron chi connectivity index (χ4n) is 2.94. The van der Waals surface area contributed by atoms with Crippen LogP contribution in [0.15, 0.2) is 41.9 Å². The second-order valence-electron chi connectivity index (χ2n) is 6.63. The quantitative estimate of drug-likeness (QED) is 0.160. The lowest BCUT2D eigenvalue weighted by Gasteiger charge is -2.22. The number of hydrogen-bond donors (Lipinski definition) is 1. The summed E-state index contributed by atoms with van der Waals surface area (Å²) >= 11 is 0. The minimum Gasteiger partial charge on any atom is -0.352 e. The van der Waals surface area contributed by atoms with Gasteiger partial charge in [-0.2, -0.15) is 0 Å². The van der Waals surface area contributed by atoms with Gasteiger partial charge in [0.25, 0.3) is 5.91 Å². The van der Waals surface area contributed by atoms with E-state index in [1.54, 1.807) is 0 Å². The van der Waals surface area contributed by atoms with Crippen LogP contribution in [0.4, 0.5) is 0 Å². The molecule has 0 fully saturated rings. The standard InChI is InChI=1S/C22H36N4O.HI/c1-6-9-10-11-12-17-25(5)22(23-4)24-18-19-13-15-20(16-14-19)21(27)26(7-2)8-3;/h6,13-16H,1,7-12,17-18H2,2-5H3,(H,23,24);1H. The van der Waals surface area contributed by atoms with Crippen LogP contribution in [0.3, 0.4) is 0 Å². The van der Waals surface area contributed by atoms with Gasteiger partial charge in [-0.15, -0.1) is 30.6 Å². The van der Waals surface area contributed by atoms with Crippen molar-refractivity contribution in [1.29, 1.82) is 0 Å². The van der Waals surface area contributed by atoms with Gasteiger partial charge >= 0.3 is 0 Å². The molecule has 1 N–H and O–H groups in total. The number of guanidine groups is 1. The first-order chi connectivity index (χ1) is 13.1. The lowest BCUT2D eigenvalue weighted by molar-refractivity contribution is 0.0773. The third-order valence-electron chi connectivity index (χ3n) is 4.68. The van der Waals surface area contributed by atoms with E-state index >= 15 is 0 Å². The Bertz CT molecular complexity index is 597. The molecule has 158 valence electrons. The number of amides is 1. The van der Waals surface area contributed by atoms with Crippen LogP contribution in [-0.2, 0) is 6.54 Å². The predicted octanol–water partition coefficient (Wildman–Crippen LogP) is 4.54. The van der Waals surface area contributed by atoms with Crippen molar-refractivity contribution in [2.24, 2.45) is 4.99 Å². The van der Waals surface area contributed by atoms with Crippen molar-refractivity contribution < 1.29 is 4.79 Å². The molecule has 0 saturated carbocycles. The number of carbonyl (C=O) groups is 1. The maximum absolute atomic E-state index is 12.4. The summed E-state index contributed by atoms with van der Waals surface area (Å²) in [6, 6.07) is 7.83. The van der Waals surface area contributed by atoms with Gasteiger partial charge in [-0.25, -0.2) is 0 Å². The number of carbonyl (C=O) groups excluding carboxylic acids is 1. The number of benzene rings is 1. The molecule has 0 aromatic heterocycles. The van der Waals surface area contributed by atoms with Crippen LogP contribution in [0.2, 0.25) is 0 Å². The molecule has 0 heterocycles. The van der Waals surface area contributed by atoms with E-state index in [1.165, 1.54) is 12.8 Å². The van der Waals surface area contributed by atoms with Crippen molar-refractivity contribution in [2.45, 2.75) is 46.1 Å². The molecule has 0 spiro atoms. The Morgan fingerprint density at radius 2 is 1.79 bits per heavy atom. The molecule has 0 aliphatic rings. The summed E-state index contributed by atoms with van der Waals surface area (Å²) in [4.78, 5) is 20.7. The Balaban J connectivity index is 0.00000729. The van der Waals surface area contributed by atoms with Crippen LogP contribution in [0, 0.1) is 0 Å². The van der Waals surface area contributed by atoms with Crippen molar-refractivity contribution in [3.63, 3.8) is 0 Å². The second kappa shape index (κ2) is 15.4. The zero-order chi connectivity index (χ0) is 20.1. The number of halogens is 1. The summed E-state index contributed by atoms with van der Waals surface area (Å²) in [5.74, 6) is 0.980. The van der Waals surface area contributed by atoms with E-state index in [2.05, 4.69) is 28.8 Å². The molecule has 6 heteroatoms. The number of hydrogen-bond acceptors (Lipinski definition) is 2. The monoisotopic (exact) mass is 500 g/mol. The lowest BCUT2D eigenvalue weighted by Crippen LogP contribution is -2.39. The molecule has 1 aromatic carbocycles. The van der Waals surface area contributed by atoms with Crippen molar-refractivity contribution >= 4 is 35.8 Å². The maximum Gasteiger partial charge on any atom is 0.253 e. The number of unbranched alkanes of at least 4 members (excludes halogenated alkanes) is 3. The molecule has 1 rings (SSSR count). The van der Waals surface area contributed by atoms with Gasteiger partial charge in [-0.1, -0.05) is 24.6 Å². The van der Waals surface area contributed by atoms with Gasteiger partial charge < -0.3 is 15.1 Å². The highest BCUT2D eigenvalue weighted by Gasteiger charge is 2.12. The molecule has 1 aromatic rings. The number of nitrogens with one attached hydrogen (secondary N) is 1. The first kappa shape index (κ1) is 26.4. The Morgan fingerprint density at radius 3 is 2.32 bits per heavy atom. The molecule has 1 amide bonds. The third kappa shape index (κ3) is 9.08. The lowest BCUT2D eigenvalue weighted by atomic mass is 10.1. The summed E-state index contributed by atoms with van der Waals surface area (Å²) in [7, 11) is 3.87. The largest absolute Gasteiger partial charge is 0.352 e. The van der Waals surface area contributed by atoms with E-state index < -0.39 is 0 Å². The number of nitrogens with zero attached hydrogens (tertiary/aromatic N) is 3. The van der Waals surface area contributed by atoms with Gasteiger partial charge in [-0.3, -0.25) is 9.79 Å². The van der Waals surface area contributed by atoms with E-state index in [4.69, 9.17) is 0 Å². The fourth-order valence-corrected chi connectivity index (χ4v) is 2.94. The Morgan fingerprint density at radius 1 is 1.14 bits per heavy atom. The summed E-state index contributed by atoms with van der Waals surface area (Å²) in [6.45, 7) is 10.9. The number of allylic oxidation sites excluding steroid dienone is 1. The number of rotatable bonds is 11. The molecule has 0 aliphatic heterocycles. The normalized spacial score (nSPS) is 10.8. The van der Waals surface area contributed by atoms with Crippen LogP contribution < -0.4 is 5.32 Å². The van der Waals surface area contributed by atoms with Crippen LogP contribution in [-0.4, -0.2) is 55.4 Å². The molecule has 0 aliphatic carbocycles. The first-order valence-electron chi connectivity index (χ1n) is 9.98. The molecule has 0 bridgehead atoms. The number of aliphatic imine (C=N–C) groups is 1. The molecule has 0 unspecified atom stereocenters. The molecular formula is C22H37IN4O. The Labute approximate surface area is 188 Å². The molecule has 5 nitrogen and oxygen atoms in total. The van der Waals surface area contributed by atoms with Crippen molar-refractivity contribution in [3.05, 3.63) is 48.0 Å². The minimum absolute atomic E-state index is 0. The molecule has 0 radical (unpaired) electrons. The van der Waals surface area contributed by atoms with Crippen LogP contribution in [0.25, 0.3) is 0 Å². The van der Waals surface area contributed by atoms with Crippen molar-refractivity contribution in [1.82, 2.24) is 15.1 Å². The van der Waals surface area contributed by atoms with Gasteiger partial charge in [-0.05, 0) is 50.8 Å². The molecule has 0 saturated heterocycles. The SMILES string of the molecule is C=CCCCCCN(C)C(=NC)NCc1ccc(C(=O)N(CC)CC)cc1.I. The van der Waals surface area contributed by atoms with Crippen molar-refractivity contribution in [2.75, 3.05) is 33.7 Å². The summed E-state index contributed by atoms with van der Waals surface area (Å²) < 4.78 is 0.